The summed E-state index contributed by atoms with van der Waals surface area (Å²) in [7, 11) is -1.44. The Labute approximate surface area is 135 Å². The van der Waals surface area contributed by atoms with Crippen LogP contribution in [0.3, 0.4) is 0 Å². The Morgan fingerprint density at radius 3 is 2.17 bits per heavy atom. The van der Waals surface area contributed by atoms with Gasteiger partial charge in [-0.1, -0.05) is 50.0 Å². The van der Waals surface area contributed by atoms with Crippen LogP contribution in [-0.2, 0) is 0 Å². The van der Waals surface area contributed by atoms with Crippen molar-refractivity contribution in [2.45, 2.75) is 19.6 Å². The molecule has 1 nitrogen and oxygen atoms in total. The van der Waals surface area contributed by atoms with Gasteiger partial charge in [0.2, 0.25) is 0 Å². The molecule has 114 valence electrons. The fraction of sp³-hybridized carbons (Fsp3) is 0.150. The predicted molar refractivity (Wildman–Crippen MR) is 99.7 cm³/mol. The highest BCUT2D eigenvalue weighted by molar-refractivity contribution is 6.88. The van der Waals surface area contributed by atoms with E-state index < -0.39 is 8.07 Å². The van der Waals surface area contributed by atoms with Gasteiger partial charge in [-0.3, -0.25) is 4.98 Å². The van der Waals surface area contributed by atoms with E-state index in [2.05, 4.69) is 37.8 Å². The van der Waals surface area contributed by atoms with E-state index in [0.717, 1.165) is 27.1 Å². The molecule has 1 heterocycles. The average Bonchev–Trinajstić information content (AvgIpc) is 2.53. The van der Waals surface area contributed by atoms with E-state index in [-0.39, 0.29) is 5.82 Å². The van der Waals surface area contributed by atoms with Gasteiger partial charge in [0, 0.05) is 17.0 Å². The average molecular weight is 319 g/mol. The minimum Gasteiger partial charge on any atom is -0.256 e. The van der Waals surface area contributed by atoms with Crippen LogP contribution in [0.5, 0.6) is 0 Å². The smallest absolute Gasteiger partial charge is 0.123 e. The van der Waals surface area contributed by atoms with Crippen molar-refractivity contribution in [2.24, 2.45) is 0 Å². The van der Waals surface area contributed by atoms with Gasteiger partial charge >= 0.3 is 0 Å². The van der Waals surface area contributed by atoms with Gasteiger partial charge in [-0.05, 0) is 39.5 Å². The van der Waals surface area contributed by atoms with Gasteiger partial charge < -0.3 is 0 Å². The van der Waals surface area contributed by atoms with Crippen LogP contribution >= 0.6 is 0 Å². The molecule has 0 unspecified atom stereocenters. The third kappa shape index (κ3) is 2.23. The van der Waals surface area contributed by atoms with Crippen molar-refractivity contribution in [1.82, 2.24) is 4.98 Å². The molecule has 3 heteroatoms. The summed E-state index contributed by atoms with van der Waals surface area (Å²) in [5.74, 6) is -0.208. The molecular weight excluding hydrogens is 301 g/mol. The maximum Gasteiger partial charge on any atom is 0.123 e. The summed E-state index contributed by atoms with van der Waals surface area (Å²) in [6.45, 7) is 6.98. The van der Waals surface area contributed by atoms with E-state index in [1.165, 1.54) is 16.6 Å². The van der Waals surface area contributed by atoms with Crippen LogP contribution in [-0.4, -0.2) is 13.1 Å². The highest BCUT2D eigenvalue weighted by atomic mass is 28.3. The molecule has 0 bridgehead atoms. The van der Waals surface area contributed by atoms with Crippen molar-refractivity contribution in [1.29, 1.82) is 0 Å². The summed E-state index contributed by atoms with van der Waals surface area (Å²) in [5, 5.41) is 6.69. The van der Waals surface area contributed by atoms with E-state index in [0.29, 0.717) is 0 Å². The van der Waals surface area contributed by atoms with E-state index in [9.17, 15) is 4.39 Å². The zero-order valence-corrected chi connectivity index (χ0v) is 14.5. The first-order valence-corrected chi connectivity index (χ1v) is 11.4. The van der Waals surface area contributed by atoms with Gasteiger partial charge in [0.25, 0.3) is 0 Å². The number of fused-ring (bicyclic) bond motifs is 6. The number of pyridine rings is 1. The highest BCUT2D eigenvalue weighted by Crippen LogP contribution is 2.33. The van der Waals surface area contributed by atoms with Crippen LogP contribution in [0.2, 0.25) is 19.6 Å². The van der Waals surface area contributed by atoms with Crippen LogP contribution < -0.4 is 5.19 Å². The number of halogens is 1. The minimum absolute atomic E-state index is 0.208. The van der Waals surface area contributed by atoms with Crippen molar-refractivity contribution in [2.75, 3.05) is 0 Å². The fourth-order valence-corrected chi connectivity index (χ4v) is 4.22. The summed E-state index contributed by atoms with van der Waals surface area (Å²) in [5.41, 5.74) is 0.959. The zero-order valence-electron chi connectivity index (χ0n) is 13.5. The molecule has 0 N–H and O–H groups in total. The van der Waals surface area contributed by atoms with Gasteiger partial charge in [0.05, 0.1) is 13.6 Å². The van der Waals surface area contributed by atoms with Crippen molar-refractivity contribution in [3.8, 4) is 0 Å². The lowest BCUT2D eigenvalue weighted by molar-refractivity contribution is 0.630. The molecule has 0 aliphatic rings. The number of benzene rings is 3. The molecule has 1 aromatic heterocycles. The minimum atomic E-state index is -1.44. The maximum absolute atomic E-state index is 13.8. The molecule has 4 aromatic rings. The lowest BCUT2D eigenvalue weighted by Crippen LogP contribution is -2.37. The van der Waals surface area contributed by atoms with Crippen LogP contribution in [0.4, 0.5) is 4.39 Å². The van der Waals surface area contributed by atoms with Crippen molar-refractivity contribution in [3.63, 3.8) is 0 Å². The van der Waals surface area contributed by atoms with Gasteiger partial charge in [-0.15, -0.1) is 0 Å². The van der Waals surface area contributed by atoms with Gasteiger partial charge in [0.15, 0.2) is 0 Å². The summed E-state index contributed by atoms with van der Waals surface area (Å²) >= 11 is 0. The van der Waals surface area contributed by atoms with Gasteiger partial charge in [-0.2, -0.15) is 0 Å². The van der Waals surface area contributed by atoms with Gasteiger partial charge in [0.1, 0.15) is 5.82 Å². The summed E-state index contributed by atoms with van der Waals surface area (Å²) in [6.07, 6.45) is 2.01. The molecule has 0 atom stereocenters. The first-order chi connectivity index (χ1) is 10.9. The molecule has 3 aromatic carbocycles. The Bertz CT molecular complexity index is 1040. The van der Waals surface area contributed by atoms with Crippen molar-refractivity contribution < 1.29 is 4.39 Å². The van der Waals surface area contributed by atoms with Gasteiger partial charge in [-0.25, -0.2) is 4.39 Å². The maximum atomic E-state index is 13.8. The second-order valence-corrected chi connectivity index (χ2v) is 12.2. The number of hydrogen-bond acceptors (Lipinski definition) is 1. The number of rotatable bonds is 1. The molecule has 23 heavy (non-hydrogen) atoms. The van der Waals surface area contributed by atoms with Crippen LogP contribution in [0.1, 0.15) is 0 Å². The van der Waals surface area contributed by atoms with Crippen molar-refractivity contribution in [3.05, 3.63) is 60.5 Å². The first-order valence-electron chi connectivity index (χ1n) is 7.85. The molecule has 0 radical (unpaired) electrons. The van der Waals surface area contributed by atoms with Crippen LogP contribution in [0, 0.1) is 5.82 Å². The normalized spacial score (nSPS) is 12.3. The van der Waals surface area contributed by atoms with E-state index in [4.69, 9.17) is 4.98 Å². The molecule has 0 saturated heterocycles. The monoisotopic (exact) mass is 319 g/mol. The zero-order chi connectivity index (χ0) is 16.2. The van der Waals surface area contributed by atoms with E-state index in [1.807, 2.05) is 24.4 Å². The van der Waals surface area contributed by atoms with Crippen LogP contribution in [0.25, 0.3) is 32.4 Å². The van der Waals surface area contributed by atoms with Crippen LogP contribution in [0.15, 0.2) is 54.7 Å². The van der Waals surface area contributed by atoms with E-state index in [1.54, 1.807) is 6.07 Å². The molecule has 0 saturated carbocycles. The molecule has 0 spiro atoms. The summed E-state index contributed by atoms with van der Waals surface area (Å²) in [4.78, 5) is 4.77. The molecule has 0 aliphatic carbocycles. The molecular formula is C20H18FNSi. The third-order valence-electron chi connectivity index (χ3n) is 4.50. The Balaban J connectivity index is 2.27. The topological polar surface area (TPSA) is 12.9 Å². The highest BCUT2D eigenvalue weighted by Gasteiger charge is 2.18. The molecule has 0 amide bonds. The number of nitrogens with zero attached hydrogens (tertiary/aromatic N) is 1. The first kappa shape index (κ1) is 14.3. The molecule has 0 fully saturated rings. The standard InChI is InChI=1S/C20H18FNSi/c1-23(2,3)14-11-19-16-7-5-4-6-15(16)18-10-13(21)8-9-17(18)20(19)22-12-14/h4-12H,1-3H3. The lowest BCUT2D eigenvalue weighted by atomic mass is 9.97. The Morgan fingerprint density at radius 2 is 1.48 bits per heavy atom. The Morgan fingerprint density at radius 1 is 0.783 bits per heavy atom. The third-order valence-corrected chi connectivity index (χ3v) is 6.50. The summed E-state index contributed by atoms with van der Waals surface area (Å²) < 4.78 is 13.8. The number of aromatic nitrogens is 1. The quantitative estimate of drug-likeness (QED) is 0.346. The predicted octanol–water partition coefficient (Wildman–Crippen LogP) is 5.23. The fourth-order valence-electron chi connectivity index (χ4n) is 3.19. The Kier molecular flexibility index (Phi) is 3.03. The van der Waals surface area contributed by atoms with Crippen molar-refractivity contribution >= 4 is 45.7 Å². The number of hydrogen-bond donors (Lipinski definition) is 0. The largest absolute Gasteiger partial charge is 0.256 e. The lowest BCUT2D eigenvalue weighted by Gasteiger charge is -2.18. The molecule has 4 rings (SSSR count). The molecule has 0 aliphatic heterocycles. The SMILES string of the molecule is C[Si](C)(C)c1cnc2c3ccc(F)cc3c3ccccc3c2c1. The Hall–Kier alpha value is -2.26. The second kappa shape index (κ2) is 4.87. The second-order valence-electron chi connectivity index (χ2n) is 7.11. The summed E-state index contributed by atoms with van der Waals surface area (Å²) in [6, 6.07) is 15.5. The van der Waals surface area contributed by atoms with E-state index >= 15 is 0 Å².